The van der Waals surface area contributed by atoms with Gasteiger partial charge in [0.15, 0.2) is 0 Å². The molecular formula is C12H19NS. The van der Waals surface area contributed by atoms with E-state index in [2.05, 4.69) is 38.1 Å². The smallest absolute Gasteiger partial charge is 0.0187 e. The molecular weight excluding hydrogens is 190 g/mol. The fraction of sp³-hybridized carbons (Fsp3) is 0.500. The van der Waals surface area contributed by atoms with Crippen molar-refractivity contribution < 1.29 is 0 Å². The van der Waals surface area contributed by atoms with E-state index in [1.807, 2.05) is 11.8 Å². The monoisotopic (exact) mass is 209 g/mol. The standard InChI is InChI=1S/C12H19NS/c1-3-11-4-6-12(7-5-11)9-14-10(2)8-13/h4-7,10H,3,8-9,13H2,1-2H3. The molecule has 0 aliphatic carbocycles. The molecule has 0 aliphatic heterocycles. The third-order valence-corrected chi connectivity index (χ3v) is 3.56. The molecule has 0 bridgehead atoms. The van der Waals surface area contributed by atoms with Crippen molar-refractivity contribution in [3.05, 3.63) is 35.4 Å². The fourth-order valence-electron chi connectivity index (χ4n) is 1.18. The normalized spacial score (nSPS) is 12.8. The Morgan fingerprint density at radius 1 is 1.21 bits per heavy atom. The first-order valence-corrected chi connectivity index (χ1v) is 6.20. The molecule has 1 atom stereocenters. The second-order valence-electron chi connectivity index (χ2n) is 3.53. The molecule has 1 unspecified atom stereocenters. The zero-order valence-electron chi connectivity index (χ0n) is 8.99. The zero-order chi connectivity index (χ0) is 10.4. The summed E-state index contributed by atoms with van der Waals surface area (Å²) in [6.45, 7) is 5.11. The highest BCUT2D eigenvalue weighted by Gasteiger charge is 2.00. The van der Waals surface area contributed by atoms with Crippen LogP contribution in [0.3, 0.4) is 0 Å². The number of rotatable bonds is 5. The number of hydrogen-bond donors (Lipinski definition) is 1. The molecule has 1 aromatic carbocycles. The lowest BCUT2D eigenvalue weighted by atomic mass is 10.1. The van der Waals surface area contributed by atoms with Crippen LogP contribution in [0.15, 0.2) is 24.3 Å². The predicted octanol–water partition coefficient (Wildman–Crippen LogP) is 2.83. The Labute approximate surface area is 91.1 Å². The molecule has 1 aromatic rings. The maximum absolute atomic E-state index is 5.56. The fourth-order valence-corrected chi connectivity index (χ4v) is 1.98. The van der Waals surface area contributed by atoms with E-state index in [0.717, 1.165) is 18.7 Å². The molecule has 0 saturated carbocycles. The van der Waals surface area contributed by atoms with E-state index in [1.165, 1.54) is 11.1 Å². The average molecular weight is 209 g/mol. The molecule has 1 nitrogen and oxygen atoms in total. The molecule has 2 N–H and O–H groups in total. The molecule has 0 spiro atoms. The average Bonchev–Trinajstić information content (AvgIpc) is 2.26. The Bertz CT molecular complexity index is 256. The van der Waals surface area contributed by atoms with Crippen molar-refractivity contribution in [1.29, 1.82) is 0 Å². The van der Waals surface area contributed by atoms with Crippen molar-refractivity contribution in [3.8, 4) is 0 Å². The van der Waals surface area contributed by atoms with E-state index in [4.69, 9.17) is 5.73 Å². The summed E-state index contributed by atoms with van der Waals surface area (Å²) in [6.07, 6.45) is 1.12. The van der Waals surface area contributed by atoms with Crippen LogP contribution in [0, 0.1) is 0 Å². The Morgan fingerprint density at radius 3 is 2.29 bits per heavy atom. The van der Waals surface area contributed by atoms with Gasteiger partial charge in [-0.3, -0.25) is 0 Å². The Kier molecular flexibility index (Phi) is 5.05. The molecule has 0 amide bonds. The van der Waals surface area contributed by atoms with Crippen LogP contribution in [0.5, 0.6) is 0 Å². The van der Waals surface area contributed by atoms with E-state index >= 15 is 0 Å². The quantitative estimate of drug-likeness (QED) is 0.807. The van der Waals surface area contributed by atoms with Crippen LogP contribution in [-0.2, 0) is 12.2 Å². The van der Waals surface area contributed by atoms with Gasteiger partial charge in [-0.2, -0.15) is 11.8 Å². The molecule has 2 heteroatoms. The molecule has 0 saturated heterocycles. The van der Waals surface area contributed by atoms with Crippen molar-refractivity contribution in [2.24, 2.45) is 5.73 Å². The maximum Gasteiger partial charge on any atom is 0.0187 e. The number of thioether (sulfide) groups is 1. The second-order valence-corrected chi connectivity index (χ2v) is 4.95. The minimum absolute atomic E-state index is 0.556. The van der Waals surface area contributed by atoms with E-state index in [0.29, 0.717) is 5.25 Å². The lowest BCUT2D eigenvalue weighted by Crippen LogP contribution is -2.12. The summed E-state index contributed by atoms with van der Waals surface area (Å²) in [5.74, 6) is 1.07. The van der Waals surface area contributed by atoms with Gasteiger partial charge in [0.1, 0.15) is 0 Å². The largest absolute Gasteiger partial charge is 0.329 e. The highest BCUT2D eigenvalue weighted by Crippen LogP contribution is 2.17. The Morgan fingerprint density at radius 2 is 1.79 bits per heavy atom. The van der Waals surface area contributed by atoms with Gasteiger partial charge in [0.05, 0.1) is 0 Å². The first-order valence-electron chi connectivity index (χ1n) is 5.15. The highest BCUT2D eigenvalue weighted by atomic mass is 32.2. The van der Waals surface area contributed by atoms with Crippen molar-refractivity contribution in [2.75, 3.05) is 6.54 Å². The third-order valence-electron chi connectivity index (χ3n) is 2.30. The van der Waals surface area contributed by atoms with E-state index in [-0.39, 0.29) is 0 Å². The van der Waals surface area contributed by atoms with Crippen LogP contribution in [0.4, 0.5) is 0 Å². The van der Waals surface area contributed by atoms with Gasteiger partial charge >= 0.3 is 0 Å². The molecule has 0 radical (unpaired) electrons. The van der Waals surface area contributed by atoms with E-state index < -0.39 is 0 Å². The first-order chi connectivity index (χ1) is 6.76. The number of nitrogens with two attached hydrogens (primary N) is 1. The van der Waals surface area contributed by atoms with E-state index in [1.54, 1.807) is 0 Å². The summed E-state index contributed by atoms with van der Waals surface area (Å²) in [6, 6.07) is 8.86. The molecule has 1 rings (SSSR count). The predicted molar refractivity (Wildman–Crippen MR) is 65.6 cm³/mol. The van der Waals surface area contributed by atoms with Gasteiger partial charge in [0.25, 0.3) is 0 Å². The summed E-state index contributed by atoms with van der Waals surface area (Å²) in [5, 5.41) is 0.556. The minimum atomic E-state index is 0.556. The molecule has 0 heterocycles. The Hall–Kier alpha value is -0.470. The van der Waals surface area contributed by atoms with E-state index in [9.17, 15) is 0 Å². The first kappa shape index (κ1) is 11.6. The maximum atomic E-state index is 5.56. The molecule has 0 fully saturated rings. The van der Waals surface area contributed by atoms with Gasteiger partial charge in [-0.05, 0) is 17.5 Å². The van der Waals surface area contributed by atoms with Crippen LogP contribution in [0.1, 0.15) is 25.0 Å². The number of aryl methyl sites for hydroxylation is 1. The van der Waals surface area contributed by atoms with Crippen LogP contribution in [-0.4, -0.2) is 11.8 Å². The lowest BCUT2D eigenvalue weighted by molar-refractivity contribution is 0.950. The van der Waals surface area contributed by atoms with Gasteiger partial charge in [-0.25, -0.2) is 0 Å². The second kappa shape index (κ2) is 6.10. The van der Waals surface area contributed by atoms with Gasteiger partial charge in [0.2, 0.25) is 0 Å². The zero-order valence-corrected chi connectivity index (χ0v) is 9.81. The SMILES string of the molecule is CCc1ccc(CSC(C)CN)cc1. The number of benzene rings is 1. The summed E-state index contributed by atoms with van der Waals surface area (Å²) < 4.78 is 0. The van der Waals surface area contributed by atoms with Gasteiger partial charge in [0, 0.05) is 17.5 Å². The van der Waals surface area contributed by atoms with Gasteiger partial charge < -0.3 is 5.73 Å². The minimum Gasteiger partial charge on any atom is -0.329 e. The summed E-state index contributed by atoms with van der Waals surface area (Å²) in [4.78, 5) is 0. The molecule has 78 valence electrons. The summed E-state index contributed by atoms with van der Waals surface area (Å²) in [7, 11) is 0. The van der Waals surface area contributed by atoms with Gasteiger partial charge in [-0.1, -0.05) is 38.1 Å². The summed E-state index contributed by atoms with van der Waals surface area (Å²) in [5.41, 5.74) is 8.36. The van der Waals surface area contributed by atoms with Crippen molar-refractivity contribution >= 4 is 11.8 Å². The molecule has 0 aliphatic rings. The van der Waals surface area contributed by atoms with Crippen LogP contribution >= 0.6 is 11.8 Å². The highest BCUT2D eigenvalue weighted by molar-refractivity contribution is 7.99. The third kappa shape index (κ3) is 3.72. The molecule has 14 heavy (non-hydrogen) atoms. The topological polar surface area (TPSA) is 26.0 Å². The number of hydrogen-bond acceptors (Lipinski definition) is 2. The van der Waals surface area contributed by atoms with Crippen molar-refractivity contribution in [1.82, 2.24) is 0 Å². The lowest BCUT2D eigenvalue weighted by Gasteiger charge is -2.08. The van der Waals surface area contributed by atoms with Crippen LogP contribution < -0.4 is 5.73 Å². The Balaban J connectivity index is 2.43. The molecule has 0 aromatic heterocycles. The van der Waals surface area contributed by atoms with Crippen molar-refractivity contribution in [2.45, 2.75) is 31.3 Å². The van der Waals surface area contributed by atoms with Crippen LogP contribution in [0.25, 0.3) is 0 Å². The van der Waals surface area contributed by atoms with Gasteiger partial charge in [-0.15, -0.1) is 0 Å². The van der Waals surface area contributed by atoms with Crippen molar-refractivity contribution in [3.63, 3.8) is 0 Å². The van der Waals surface area contributed by atoms with Crippen LogP contribution in [0.2, 0.25) is 0 Å². The summed E-state index contributed by atoms with van der Waals surface area (Å²) >= 11 is 1.92.